The van der Waals surface area contributed by atoms with E-state index in [-0.39, 0.29) is 5.91 Å². The molecule has 1 saturated heterocycles. The molecule has 0 aliphatic carbocycles. The fourth-order valence-electron chi connectivity index (χ4n) is 2.67. The molecule has 3 rings (SSSR count). The number of rotatable bonds is 2. The average Bonchev–Trinajstić information content (AvgIpc) is 2.82. The molecule has 0 bridgehead atoms. The number of thioether (sulfide) groups is 1. The first-order valence-electron chi connectivity index (χ1n) is 7.35. The molecule has 21 heavy (non-hydrogen) atoms. The molecular formula is C18H19NOS. The van der Waals surface area contributed by atoms with Crippen molar-refractivity contribution in [1.82, 2.24) is 4.90 Å². The Labute approximate surface area is 130 Å². The number of amides is 1. The van der Waals surface area contributed by atoms with Gasteiger partial charge in [-0.25, -0.2) is 0 Å². The van der Waals surface area contributed by atoms with E-state index in [1.165, 1.54) is 5.56 Å². The monoisotopic (exact) mass is 297 g/mol. The first-order valence-corrected chi connectivity index (χ1v) is 8.40. The summed E-state index contributed by atoms with van der Waals surface area (Å²) in [5.41, 5.74) is 2.16. The Kier molecular flexibility index (Phi) is 4.61. The van der Waals surface area contributed by atoms with Gasteiger partial charge in [-0.1, -0.05) is 48.5 Å². The molecule has 1 aliphatic heterocycles. The minimum Gasteiger partial charge on any atom is -0.338 e. The van der Waals surface area contributed by atoms with Gasteiger partial charge in [-0.15, -0.1) is 0 Å². The first kappa shape index (κ1) is 14.2. The minimum absolute atomic E-state index is 0.157. The lowest BCUT2D eigenvalue weighted by Crippen LogP contribution is -2.32. The lowest BCUT2D eigenvalue weighted by molar-refractivity contribution is 0.0766. The maximum absolute atomic E-state index is 12.5. The summed E-state index contributed by atoms with van der Waals surface area (Å²) in [5, 5.41) is 0.500. The molecule has 1 atom stereocenters. The second kappa shape index (κ2) is 6.81. The van der Waals surface area contributed by atoms with Gasteiger partial charge in [0.2, 0.25) is 0 Å². The molecule has 2 aromatic rings. The van der Waals surface area contributed by atoms with E-state index in [1.54, 1.807) is 0 Å². The normalized spacial score (nSPS) is 19.0. The van der Waals surface area contributed by atoms with Crippen LogP contribution in [0, 0.1) is 0 Å². The molecule has 0 N–H and O–H groups in total. The summed E-state index contributed by atoms with van der Waals surface area (Å²) in [4.78, 5) is 14.5. The number of benzene rings is 2. The number of hydrogen-bond acceptors (Lipinski definition) is 2. The van der Waals surface area contributed by atoms with Gasteiger partial charge in [0.15, 0.2) is 0 Å². The van der Waals surface area contributed by atoms with Crippen LogP contribution in [0.15, 0.2) is 60.7 Å². The maximum atomic E-state index is 12.5. The summed E-state index contributed by atoms with van der Waals surface area (Å²) >= 11 is 1.96. The number of carbonyl (C=O) groups excluding carboxylic acids is 1. The van der Waals surface area contributed by atoms with Gasteiger partial charge < -0.3 is 4.90 Å². The third-order valence-electron chi connectivity index (χ3n) is 3.82. The molecule has 0 aromatic heterocycles. The molecule has 2 aromatic carbocycles. The topological polar surface area (TPSA) is 20.3 Å². The Morgan fingerprint density at radius 3 is 2.33 bits per heavy atom. The van der Waals surface area contributed by atoms with Crippen LogP contribution in [0.5, 0.6) is 0 Å². The van der Waals surface area contributed by atoms with E-state index in [1.807, 2.05) is 47.0 Å². The third kappa shape index (κ3) is 3.48. The zero-order chi connectivity index (χ0) is 14.5. The van der Waals surface area contributed by atoms with Crippen molar-refractivity contribution in [2.45, 2.75) is 11.7 Å². The highest BCUT2D eigenvalue weighted by Crippen LogP contribution is 2.34. The van der Waals surface area contributed by atoms with Gasteiger partial charge in [0.1, 0.15) is 0 Å². The Morgan fingerprint density at radius 1 is 0.952 bits per heavy atom. The molecule has 3 heteroatoms. The van der Waals surface area contributed by atoms with Gasteiger partial charge in [0.05, 0.1) is 0 Å². The first-order chi connectivity index (χ1) is 10.3. The minimum atomic E-state index is 0.157. The fourth-order valence-corrected chi connectivity index (χ4v) is 3.90. The molecule has 2 nitrogen and oxygen atoms in total. The van der Waals surface area contributed by atoms with Crippen molar-refractivity contribution >= 4 is 17.7 Å². The number of nitrogens with zero attached hydrogens (tertiary/aromatic N) is 1. The van der Waals surface area contributed by atoms with Crippen LogP contribution in [-0.2, 0) is 0 Å². The van der Waals surface area contributed by atoms with E-state index in [9.17, 15) is 4.79 Å². The lowest BCUT2D eigenvalue weighted by atomic mass is 10.1. The van der Waals surface area contributed by atoms with E-state index in [0.717, 1.165) is 30.8 Å². The molecule has 1 aliphatic rings. The van der Waals surface area contributed by atoms with Crippen molar-refractivity contribution in [3.05, 3.63) is 71.8 Å². The van der Waals surface area contributed by atoms with Crippen molar-refractivity contribution in [3.63, 3.8) is 0 Å². The SMILES string of the molecule is O=C(c1ccccc1)N1CCSC(c2ccccc2)CC1. The van der Waals surface area contributed by atoms with Gasteiger partial charge >= 0.3 is 0 Å². The van der Waals surface area contributed by atoms with Crippen molar-refractivity contribution in [1.29, 1.82) is 0 Å². The largest absolute Gasteiger partial charge is 0.338 e. The van der Waals surface area contributed by atoms with E-state index in [4.69, 9.17) is 0 Å². The fraction of sp³-hybridized carbons (Fsp3) is 0.278. The van der Waals surface area contributed by atoms with Gasteiger partial charge in [-0.3, -0.25) is 4.79 Å². The van der Waals surface area contributed by atoms with Crippen LogP contribution in [-0.4, -0.2) is 29.6 Å². The second-order valence-corrected chi connectivity index (χ2v) is 6.53. The summed E-state index contributed by atoms with van der Waals surface area (Å²) in [6, 6.07) is 20.2. The Morgan fingerprint density at radius 2 is 1.62 bits per heavy atom. The van der Waals surface area contributed by atoms with Crippen molar-refractivity contribution in [2.24, 2.45) is 0 Å². The Hall–Kier alpha value is -1.74. The molecule has 0 spiro atoms. The van der Waals surface area contributed by atoms with Crippen LogP contribution in [0.2, 0.25) is 0 Å². The van der Waals surface area contributed by atoms with Crippen LogP contribution in [0.4, 0.5) is 0 Å². The van der Waals surface area contributed by atoms with Crippen LogP contribution in [0.1, 0.15) is 27.6 Å². The lowest BCUT2D eigenvalue weighted by Gasteiger charge is -2.20. The molecule has 1 heterocycles. The quantitative estimate of drug-likeness (QED) is 0.835. The van der Waals surface area contributed by atoms with Gasteiger partial charge in [0, 0.05) is 29.7 Å². The molecule has 0 saturated carbocycles. The smallest absolute Gasteiger partial charge is 0.253 e. The standard InChI is InChI=1S/C18H19NOS/c20-18(16-9-5-2-6-10-16)19-12-11-17(21-14-13-19)15-7-3-1-4-8-15/h1-10,17H,11-14H2. The average molecular weight is 297 g/mol. The molecule has 0 radical (unpaired) electrons. The van der Waals surface area contributed by atoms with E-state index >= 15 is 0 Å². The Bertz CT molecular complexity index is 585. The molecular weight excluding hydrogens is 278 g/mol. The number of carbonyl (C=O) groups is 1. The summed E-state index contributed by atoms with van der Waals surface area (Å²) in [7, 11) is 0. The summed E-state index contributed by atoms with van der Waals surface area (Å²) in [5.74, 6) is 1.16. The maximum Gasteiger partial charge on any atom is 0.253 e. The Balaban J connectivity index is 1.67. The zero-order valence-electron chi connectivity index (χ0n) is 11.9. The number of hydrogen-bond donors (Lipinski definition) is 0. The predicted molar refractivity (Wildman–Crippen MR) is 88.6 cm³/mol. The van der Waals surface area contributed by atoms with Crippen LogP contribution >= 0.6 is 11.8 Å². The highest BCUT2D eigenvalue weighted by Gasteiger charge is 2.22. The molecule has 1 fully saturated rings. The van der Waals surface area contributed by atoms with Crippen molar-refractivity contribution < 1.29 is 4.79 Å². The highest BCUT2D eigenvalue weighted by molar-refractivity contribution is 7.99. The van der Waals surface area contributed by atoms with Gasteiger partial charge in [-0.05, 0) is 24.1 Å². The summed E-state index contributed by atoms with van der Waals surface area (Å²) < 4.78 is 0. The van der Waals surface area contributed by atoms with Crippen LogP contribution in [0.25, 0.3) is 0 Å². The van der Waals surface area contributed by atoms with Crippen molar-refractivity contribution in [3.8, 4) is 0 Å². The van der Waals surface area contributed by atoms with Gasteiger partial charge in [-0.2, -0.15) is 11.8 Å². The summed E-state index contributed by atoms with van der Waals surface area (Å²) in [6.45, 7) is 1.67. The third-order valence-corrected chi connectivity index (χ3v) is 5.15. The highest BCUT2D eigenvalue weighted by atomic mass is 32.2. The van der Waals surface area contributed by atoms with Gasteiger partial charge in [0.25, 0.3) is 5.91 Å². The molecule has 1 unspecified atom stereocenters. The second-order valence-electron chi connectivity index (χ2n) is 5.22. The molecule has 1 amide bonds. The van der Waals surface area contributed by atoms with E-state index in [2.05, 4.69) is 30.3 Å². The zero-order valence-corrected chi connectivity index (χ0v) is 12.8. The summed E-state index contributed by atoms with van der Waals surface area (Å²) in [6.07, 6.45) is 1.02. The molecule has 108 valence electrons. The van der Waals surface area contributed by atoms with E-state index < -0.39 is 0 Å². The predicted octanol–water partition coefficient (Wildman–Crippen LogP) is 4.01. The van der Waals surface area contributed by atoms with Crippen LogP contribution in [0.3, 0.4) is 0 Å². The van der Waals surface area contributed by atoms with Crippen molar-refractivity contribution in [2.75, 3.05) is 18.8 Å². The van der Waals surface area contributed by atoms with Crippen LogP contribution < -0.4 is 0 Å². The van der Waals surface area contributed by atoms with E-state index in [0.29, 0.717) is 5.25 Å².